The highest BCUT2D eigenvalue weighted by Crippen LogP contribution is 2.02. The van der Waals surface area contributed by atoms with Crippen LogP contribution in [0.15, 0.2) is 0 Å². The fourth-order valence-corrected chi connectivity index (χ4v) is 1.23. The zero-order chi connectivity index (χ0) is 11.9. The second kappa shape index (κ2) is 6.76. The summed E-state index contributed by atoms with van der Waals surface area (Å²) < 4.78 is 5.24. The molecule has 90 valence electrons. The number of primary amides is 1. The van der Waals surface area contributed by atoms with Gasteiger partial charge in [0.1, 0.15) is 5.54 Å². The molecule has 1 unspecified atom stereocenters. The molecule has 0 fully saturated rings. The Morgan fingerprint density at radius 1 is 1.47 bits per heavy atom. The SMILES string of the molecule is CCOCCN(CC)CC(C)(N)C(N)=O. The lowest BCUT2D eigenvalue weighted by atomic mass is 10.0. The maximum absolute atomic E-state index is 11.0. The van der Waals surface area contributed by atoms with E-state index in [1.807, 2.05) is 13.8 Å². The van der Waals surface area contributed by atoms with Gasteiger partial charge in [0, 0.05) is 19.7 Å². The lowest BCUT2D eigenvalue weighted by molar-refractivity contribution is -0.123. The molecule has 0 bridgehead atoms. The summed E-state index contributed by atoms with van der Waals surface area (Å²) in [5.41, 5.74) is 10.0. The average Bonchev–Trinajstić information content (AvgIpc) is 2.16. The molecule has 1 amide bonds. The van der Waals surface area contributed by atoms with Crippen LogP contribution < -0.4 is 11.5 Å². The zero-order valence-electron chi connectivity index (χ0n) is 9.95. The molecule has 1 atom stereocenters. The van der Waals surface area contributed by atoms with Gasteiger partial charge < -0.3 is 16.2 Å². The van der Waals surface area contributed by atoms with E-state index in [0.717, 1.165) is 13.1 Å². The molecule has 15 heavy (non-hydrogen) atoms. The average molecular weight is 217 g/mol. The molecule has 0 aromatic rings. The second-order valence-corrected chi connectivity index (χ2v) is 3.85. The largest absolute Gasteiger partial charge is 0.380 e. The number of nitrogens with two attached hydrogens (primary N) is 2. The van der Waals surface area contributed by atoms with Crippen LogP contribution in [0.2, 0.25) is 0 Å². The minimum atomic E-state index is -0.970. The van der Waals surface area contributed by atoms with Crippen molar-refractivity contribution < 1.29 is 9.53 Å². The van der Waals surface area contributed by atoms with Crippen LogP contribution in [0.25, 0.3) is 0 Å². The van der Waals surface area contributed by atoms with Gasteiger partial charge in [0.05, 0.1) is 6.61 Å². The second-order valence-electron chi connectivity index (χ2n) is 3.85. The fraction of sp³-hybridized carbons (Fsp3) is 0.900. The van der Waals surface area contributed by atoms with Crippen molar-refractivity contribution in [3.63, 3.8) is 0 Å². The number of carbonyl (C=O) groups excluding carboxylic acids is 1. The van der Waals surface area contributed by atoms with Crippen molar-refractivity contribution in [2.24, 2.45) is 11.5 Å². The van der Waals surface area contributed by atoms with Crippen LogP contribution in [0.3, 0.4) is 0 Å². The number of ether oxygens (including phenoxy) is 1. The topological polar surface area (TPSA) is 81.6 Å². The maximum Gasteiger partial charge on any atom is 0.238 e. The Hall–Kier alpha value is -0.650. The molecular formula is C10H23N3O2. The number of likely N-dealkylation sites (N-methyl/N-ethyl adjacent to an activating group) is 1. The Balaban J connectivity index is 4.03. The predicted molar refractivity (Wildman–Crippen MR) is 60.4 cm³/mol. The minimum absolute atomic E-state index is 0.464. The van der Waals surface area contributed by atoms with Gasteiger partial charge in [0.25, 0.3) is 0 Å². The smallest absolute Gasteiger partial charge is 0.238 e. The van der Waals surface area contributed by atoms with Gasteiger partial charge in [-0.1, -0.05) is 6.92 Å². The minimum Gasteiger partial charge on any atom is -0.380 e. The van der Waals surface area contributed by atoms with Crippen LogP contribution in [0.5, 0.6) is 0 Å². The quantitative estimate of drug-likeness (QED) is 0.539. The summed E-state index contributed by atoms with van der Waals surface area (Å²) in [5, 5.41) is 0. The van der Waals surface area contributed by atoms with Crippen molar-refractivity contribution in [3.05, 3.63) is 0 Å². The molecule has 0 saturated carbocycles. The summed E-state index contributed by atoms with van der Waals surface area (Å²) in [6.07, 6.45) is 0. The molecule has 5 heteroatoms. The monoisotopic (exact) mass is 217 g/mol. The summed E-state index contributed by atoms with van der Waals surface area (Å²) >= 11 is 0. The molecule has 0 aliphatic carbocycles. The van der Waals surface area contributed by atoms with Gasteiger partial charge in [-0.2, -0.15) is 0 Å². The molecule has 0 aromatic carbocycles. The Morgan fingerprint density at radius 2 is 2.07 bits per heavy atom. The highest BCUT2D eigenvalue weighted by atomic mass is 16.5. The third kappa shape index (κ3) is 5.71. The third-order valence-corrected chi connectivity index (χ3v) is 2.32. The molecule has 0 radical (unpaired) electrons. The summed E-state index contributed by atoms with van der Waals surface area (Å²) in [4.78, 5) is 13.1. The molecule has 0 heterocycles. The molecule has 5 nitrogen and oxygen atoms in total. The number of amides is 1. The van der Waals surface area contributed by atoms with Crippen LogP contribution in [-0.2, 0) is 9.53 Å². The summed E-state index contributed by atoms with van der Waals surface area (Å²) in [6.45, 7) is 9.03. The van der Waals surface area contributed by atoms with Crippen molar-refractivity contribution in [1.29, 1.82) is 0 Å². The van der Waals surface area contributed by atoms with Gasteiger partial charge in [0.15, 0.2) is 0 Å². The van der Waals surface area contributed by atoms with Gasteiger partial charge in [-0.15, -0.1) is 0 Å². The maximum atomic E-state index is 11.0. The molecule has 0 aromatic heterocycles. The Morgan fingerprint density at radius 3 is 2.47 bits per heavy atom. The van der Waals surface area contributed by atoms with Crippen LogP contribution in [0.1, 0.15) is 20.8 Å². The number of rotatable bonds is 8. The van der Waals surface area contributed by atoms with Crippen LogP contribution in [0, 0.1) is 0 Å². The molecule has 0 saturated heterocycles. The Bertz CT molecular complexity index is 195. The molecule has 0 rings (SSSR count). The van der Waals surface area contributed by atoms with E-state index in [2.05, 4.69) is 4.90 Å². The van der Waals surface area contributed by atoms with E-state index in [0.29, 0.717) is 19.8 Å². The van der Waals surface area contributed by atoms with Gasteiger partial charge in [-0.25, -0.2) is 0 Å². The third-order valence-electron chi connectivity index (χ3n) is 2.32. The summed E-state index contributed by atoms with van der Waals surface area (Å²) in [7, 11) is 0. The first-order valence-electron chi connectivity index (χ1n) is 5.33. The molecule has 0 aliphatic heterocycles. The first-order chi connectivity index (χ1) is 6.94. The normalized spacial score (nSPS) is 15.3. The molecule has 0 spiro atoms. The number of nitrogens with zero attached hydrogens (tertiary/aromatic N) is 1. The van der Waals surface area contributed by atoms with E-state index in [1.165, 1.54) is 0 Å². The highest BCUT2D eigenvalue weighted by Gasteiger charge is 2.27. The standard InChI is InChI=1S/C10H23N3O2/c1-4-13(6-7-15-5-2)8-10(3,12)9(11)14/h4-8,12H2,1-3H3,(H2,11,14). The van der Waals surface area contributed by atoms with Gasteiger partial charge >= 0.3 is 0 Å². The number of hydrogen-bond donors (Lipinski definition) is 2. The van der Waals surface area contributed by atoms with Crippen molar-refractivity contribution in [3.8, 4) is 0 Å². The number of hydrogen-bond acceptors (Lipinski definition) is 4. The van der Waals surface area contributed by atoms with Crippen molar-refractivity contribution in [1.82, 2.24) is 4.90 Å². The highest BCUT2D eigenvalue weighted by molar-refractivity contribution is 5.84. The van der Waals surface area contributed by atoms with E-state index < -0.39 is 11.4 Å². The van der Waals surface area contributed by atoms with E-state index in [-0.39, 0.29) is 0 Å². The fourth-order valence-electron chi connectivity index (χ4n) is 1.23. The summed E-state index contributed by atoms with van der Waals surface area (Å²) in [5.74, 6) is -0.475. The van der Waals surface area contributed by atoms with Crippen molar-refractivity contribution in [2.75, 3.05) is 32.8 Å². The van der Waals surface area contributed by atoms with Gasteiger partial charge in [0.2, 0.25) is 5.91 Å². The van der Waals surface area contributed by atoms with Crippen molar-refractivity contribution >= 4 is 5.91 Å². The lowest BCUT2D eigenvalue weighted by Gasteiger charge is -2.29. The van der Waals surface area contributed by atoms with Gasteiger partial charge in [-0.05, 0) is 20.4 Å². The molecule has 4 N–H and O–H groups in total. The zero-order valence-corrected chi connectivity index (χ0v) is 9.95. The number of carbonyl (C=O) groups is 1. The Kier molecular flexibility index (Phi) is 6.47. The van der Waals surface area contributed by atoms with Gasteiger partial charge in [-0.3, -0.25) is 9.69 Å². The van der Waals surface area contributed by atoms with Crippen LogP contribution in [-0.4, -0.2) is 49.2 Å². The Labute approximate surface area is 91.7 Å². The van der Waals surface area contributed by atoms with E-state index >= 15 is 0 Å². The van der Waals surface area contributed by atoms with E-state index in [1.54, 1.807) is 6.92 Å². The molecule has 0 aliphatic rings. The lowest BCUT2D eigenvalue weighted by Crippen LogP contribution is -2.57. The molecular weight excluding hydrogens is 194 g/mol. The van der Waals surface area contributed by atoms with E-state index in [9.17, 15) is 4.79 Å². The first-order valence-corrected chi connectivity index (χ1v) is 5.33. The first kappa shape index (κ1) is 14.3. The predicted octanol–water partition coefficient (Wildman–Crippen LogP) is -0.452. The van der Waals surface area contributed by atoms with E-state index in [4.69, 9.17) is 16.2 Å². The van der Waals surface area contributed by atoms with Crippen LogP contribution in [0.4, 0.5) is 0 Å². The van der Waals surface area contributed by atoms with Crippen LogP contribution >= 0.6 is 0 Å². The van der Waals surface area contributed by atoms with Crippen molar-refractivity contribution in [2.45, 2.75) is 26.3 Å². The summed E-state index contributed by atoms with van der Waals surface area (Å²) in [6, 6.07) is 0.